The fourth-order valence-corrected chi connectivity index (χ4v) is 2.69. The molecular formula is C16H14N6O2. The fourth-order valence-electron chi connectivity index (χ4n) is 2.69. The van der Waals surface area contributed by atoms with Crippen LogP contribution in [0.15, 0.2) is 35.4 Å². The van der Waals surface area contributed by atoms with E-state index in [1.54, 1.807) is 24.5 Å². The number of H-pyrrole nitrogens is 2. The minimum Gasteiger partial charge on any atom is -0.318 e. The molecule has 0 aliphatic carbocycles. The molecular weight excluding hydrogens is 308 g/mol. The fraction of sp³-hybridized carbons (Fsp3) is 0.125. The first-order valence-corrected chi connectivity index (χ1v) is 7.37. The van der Waals surface area contributed by atoms with Gasteiger partial charge in [0.05, 0.1) is 16.7 Å². The van der Waals surface area contributed by atoms with Gasteiger partial charge < -0.3 is 15.3 Å². The van der Waals surface area contributed by atoms with E-state index >= 15 is 0 Å². The summed E-state index contributed by atoms with van der Waals surface area (Å²) in [6.07, 6.45) is 3.36. The number of hydrogen-bond acceptors (Lipinski definition) is 4. The third-order valence-electron chi connectivity index (χ3n) is 4.04. The van der Waals surface area contributed by atoms with Gasteiger partial charge in [-0.05, 0) is 37.1 Å². The Hall–Kier alpha value is -3.42. The molecule has 3 N–H and O–H groups in total. The van der Waals surface area contributed by atoms with E-state index in [0.29, 0.717) is 22.4 Å². The molecule has 0 aliphatic rings. The van der Waals surface area contributed by atoms with Gasteiger partial charge in [-0.25, -0.2) is 14.3 Å². The lowest BCUT2D eigenvalue weighted by Gasteiger charge is -2.11. The number of rotatable bonds is 2. The summed E-state index contributed by atoms with van der Waals surface area (Å²) in [5.74, 6) is -0.363. The number of aromatic amines is 2. The molecule has 8 nitrogen and oxygen atoms in total. The number of nitrogens with one attached hydrogen (secondary N) is 3. The van der Waals surface area contributed by atoms with Gasteiger partial charge in [0.2, 0.25) is 0 Å². The predicted molar refractivity (Wildman–Crippen MR) is 89.3 cm³/mol. The first kappa shape index (κ1) is 14.2. The first-order chi connectivity index (χ1) is 11.5. The maximum absolute atomic E-state index is 12.6. The maximum Gasteiger partial charge on any atom is 0.323 e. The van der Waals surface area contributed by atoms with Gasteiger partial charge in [-0.15, -0.1) is 0 Å². The lowest BCUT2D eigenvalue weighted by atomic mass is 10.1. The van der Waals surface area contributed by atoms with Gasteiger partial charge in [0, 0.05) is 18.5 Å². The number of nitrogens with zero attached hydrogens (tertiary/aromatic N) is 3. The molecule has 0 saturated heterocycles. The van der Waals surface area contributed by atoms with Crippen molar-refractivity contribution in [2.24, 2.45) is 0 Å². The van der Waals surface area contributed by atoms with Crippen molar-refractivity contribution in [1.82, 2.24) is 24.6 Å². The molecule has 0 spiro atoms. The van der Waals surface area contributed by atoms with Gasteiger partial charge >= 0.3 is 5.69 Å². The van der Waals surface area contributed by atoms with Crippen LogP contribution >= 0.6 is 0 Å². The van der Waals surface area contributed by atoms with Gasteiger partial charge in [-0.2, -0.15) is 5.10 Å². The summed E-state index contributed by atoms with van der Waals surface area (Å²) in [5.41, 5.74) is 4.15. The Morgan fingerprint density at radius 3 is 2.88 bits per heavy atom. The quantitative estimate of drug-likeness (QED) is 0.522. The highest BCUT2D eigenvalue weighted by Gasteiger charge is 2.17. The zero-order chi connectivity index (χ0) is 16.8. The normalized spacial score (nSPS) is 11.2. The molecule has 0 bridgehead atoms. The lowest BCUT2D eigenvalue weighted by Crippen LogP contribution is -2.14. The topological polar surface area (TPSA) is 108 Å². The van der Waals surface area contributed by atoms with E-state index in [-0.39, 0.29) is 17.3 Å². The Kier molecular flexibility index (Phi) is 2.99. The van der Waals surface area contributed by atoms with Crippen LogP contribution in [-0.4, -0.2) is 30.5 Å². The predicted octanol–water partition coefficient (Wildman–Crippen LogP) is 1.77. The maximum atomic E-state index is 12.6. The van der Waals surface area contributed by atoms with Crippen LogP contribution in [0.1, 0.15) is 21.6 Å². The van der Waals surface area contributed by atoms with Crippen LogP contribution < -0.4 is 11.0 Å². The number of amides is 1. The van der Waals surface area contributed by atoms with E-state index in [4.69, 9.17) is 0 Å². The number of aryl methyl sites for hydroxylation is 1. The molecule has 1 aromatic carbocycles. The molecule has 0 radical (unpaired) electrons. The summed E-state index contributed by atoms with van der Waals surface area (Å²) in [6, 6.07) is 5.21. The average molecular weight is 322 g/mol. The van der Waals surface area contributed by atoms with E-state index in [0.717, 1.165) is 11.1 Å². The molecule has 4 rings (SSSR count). The average Bonchev–Trinajstić information content (AvgIpc) is 3.14. The third-order valence-corrected chi connectivity index (χ3v) is 4.04. The Balaban J connectivity index is 1.79. The Morgan fingerprint density at radius 2 is 2.08 bits per heavy atom. The summed E-state index contributed by atoms with van der Waals surface area (Å²) in [7, 11) is 0. The molecule has 24 heavy (non-hydrogen) atoms. The highest BCUT2D eigenvalue weighted by Crippen LogP contribution is 2.27. The second-order valence-electron chi connectivity index (χ2n) is 5.60. The Morgan fingerprint density at radius 1 is 1.25 bits per heavy atom. The van der Waals surface area contributed by atoms with Crippen molar-refractivity contribution in [2.45, 2.75) is 13.8 Å². The Bertz CT molecular complexity index is 1120. The van der Waals surface area contributed by atoms with Crippen LogP contribution in [-0.2, 0) is 0 Å². The van der Waals surface area contributed by atoms with Crippen LogP contribution in [0.3, 0.4) is 0 Å². The Labute approximate surface area is 135 Å². The van der Waals surface area contributed by atoms with Gasteiger partial charge in [0.1, 0.15) is 0 Å². The van der Waals surface area contributed by atoms with E-state index in [2.05, 4.69) is 25.4 Å². The van der Waals surface area contributed by atoms with E-state index in [9.17, 15) is 9.59 Å². The molecule has 8 heteroatoms. The summed E-state index contributed by atoms with van der Waals surface area (Å²) in [4.78, 5) is 33.7. The highest BCUT2D eigenvalue weighted by molar-refractivity contribution is 6.08. The van der Waals surface area contributed by atoms with Crippen LogP contribution in [0.4, 0.5) is 5.69 Å². The number of aromatic nitrogens is 5. The molecule has 0 unspecified atom stereocenters. The van der Waals surface area contributed by atoms with Crippen molar-refractivity contribution >= 4 is 28.3 Å². The molecule has 0 aliphatic heterocycles. The van der Waals surface area contributed by atoms with Gasteiger partial charge in [-0.1, -0.05) is 0 Å². The van der Waals surface area contributed by atoms with Crippen molar-refractivity contribution in [3.8, 4) is 0 Å². The molecule has 0 fully saturated rings. The van der Waals surface area contributed by atoms with Crippen LogP contribution in [0, 0.1) is 13.8 Å². The number of carbonyl (C=O) groups excluding carboxylic acids is 1. The minimum atomic E-state index is -0.363. The number of benzene rings is 1. The summed E-state index contributed by atoms with van der Waals surface area (Å²) >= 11 is 0. The van der Waals surface area contributed by atoms with Crippen molar-refractivity contribution in [1.29, 1.82) is 0 Å². The molecule has 4 aromatic rings. The standard InChI is InChI=1S/C16H14N6O2/c1-8-6-10-14(20-16(24)18-10)13(9(8)2)19-15(23)11-7-12-17-4-3-5-22(12)21-11/h3-7H,1-2H3,(H,19,23)(H2,18,20,24). The molecule has 120 valence electrons. The number of anilines is 1. The van der Waals surface area contributed by atoms with E-state index in [1.165, 1.54) is 4.52 Å². The minimum absolute atomic E-state index is 0.251. The number of carbonyl (C=O) groups is 1. The van der Waals surface area contributed by atoms with Gasteiger partial charge in [-0.3, -0.25) is 4.79 Å². The first-order valence-electron chi connectivity index (χ1n) is 7.37. The number of imidazole rings is 1. The second kappa shape index (κ2) is 5.05. The zero-order valence-electron chi connectivity index (χ0n) is 13.0. The molecule has 0 atom stereocenters. The highest BCUT2D eigenvalue weighted by atomic mass is 16.2. The van der Waals surface area contributed by atoms with Crippen molar-refractivity contribution in [3.05, 3.63) is 57.9 Å². The molecule has 1 amide bonds. The third kappa shape index (κ3) is 2.16. The van der Waals surface area contributed by atoms with Crippen molar-refractivity contribution < 1.29 is 4.79 Å². The van der Waals surface area contributed by atoms with Crippen molar-refractivity contribution in [3.63, 3.8) is 0 Å². The van der Waals surface area contributed by atoms with Gasteiger partial charge in [0.15, 0.2) is 11.3 Å². The monoisotopic (exact) mass is 322 g/mol. The smallest absolute Gasteiger partial charge is 0.318 e. The van der Waals surface area contributed by atoms with E-state index in [1.807, 2.05) is 19.9 Å². The summed E-state index contributed by atoms with van der Waals surface area (Å²) < 4.78 is 1.53. The lowest BCUT2D eigenvalue weighted by molar-refractivity contribution is 0.102. The largest absolute Gasteiger partial charge is 0.323 e. The van der Waals surface area contributed by atoms with E-state index < -0.39 is 0 Å². The van der Waals surface area contributed by atoms with Crippen LogP contribution in [0.2, 0.25) is 0 Å². The molecule has 3 heterocycles. The van der Waals surface area contributed by atoms with Crippen LogP contribution in [0.25, 0.3) is 16.7 Å². The van der Waals surface area contributed by atoms with Gasteiger partial charge in [0.25, 0.3) is 5.91 Å². The summed E-state index contributed by atoms with van der Waals surface area (Å²) in [5, 5.41) is 7.06. The SMILES string of the molecule is Cc1cc2[nH]c(=O)[nH]c2c(NC(=O)c2cc3ncccn3n2)c1C. The van der Waals surface area contributed by atoms with Crippen molar-refractivity contribution in [2.75, 3.05) is 5.32 Å². The summed E-state index contributed by atoms with van der Waals surface area (Å²) in [6.45, 7) is 3.81. The number of hydrogen-bond donors (Lipinski definition) is 3. The molecule has 0 saturated carbocycles. The second-order valence-corrected chi connectivity index (χ2v) is 5.60. The number of fused-ring (bicyclic) bond motifs is 2. The molecule has 3 aromatic heterocycles. The van der Waals surface area contributed by atoms with Crippen LogP contribution in [0.5, 0.6) is 0 Å². The zero-order valence-corrected chi connectivity index (χ0v) is 13.0.